The maximum atomic E-state index is 12.2. The van der Waals surface area contributed by atoms with Crippen molar-refractivity contribution >= 4 is 17.5 Å². The summed E-state index contributed by atoms with van der Waals surface area (Å²) in [6, 6.07) is 7.06. The van der Waals surface area contributed by atoms with Crippen molar-refractivity contribution in [1.29, 1.82) is 0 Å². The predicted octanol–water partition coefficient (Wildman–Crippen LogP) is 2.37. The molecule has 1 aromatic carbocycles. The lowest BCUT2D eigenvalue weighted by Gasteiger charge is -2.27. The van der Waals surface area contributed by atoms with Gasteiger partial charge >= 0.3 is 0 Å². The first-order valence-corrected chi connectivity index (χ1v) is 7.78. The third-order valence-electron chi connectivity index (χ3n) is 3.58. The van der Waals surface area contributed by atoms with Crippen molar-refractivity contribution < 1.29 is 14.7 Å². The van der Waals surface area contributed by atoms with Crippen LogP contribution in [0.2, 0.25) is 0 Å². The molecule has 2 amide bonds. The maximum absolute atomic E-state index is 12.2. The van der Waals surface area contributed by atoms with E-state index in [-0.39, 0.29) is 18.7 Å². The van der Waals surface area contributed by atoms with E-state index >= 15 is 0 Å². The van der Waals surface area contributed by atoms with E-state index in [9.17, 15) is 14.7 Å². The highest BCUT2D eigenvalue weighted by atomic mass is 16.3. The SMILES string of the molecule is CCCC(O)(CCC)CC(=O)Nc1ccccc1CC(N)=O. The van der Waals surface area contributed by atoms with E-state index < -0.39 is 11.5 Å². The number of hydrogen-bond acceptors (Lipinski definition) is 3. The average molecular weight is 306 g/mol. The van der Waals surface area contributed by atoms with Crippen LogP contribution < -0.4 is 11.1 Å². The average Bonchev–Trinajstić information content (AvgIpc) is 2.40. The molecule has 5 nitrogen and oxygen atoms in total. The zero-order chi connectivity index (χ0) is 16.6. The monoisotopic (exact) mass is 306 g/mol. The summed E-state index contributed by atoms with van der Waals surface area (Å²) in [6.45, 7) is 3.97. The van der Waals surface area contributed by atoms with Crippen molar-refractivity contribution in [2.45, 2.75) is 58.0 Å². The molecule has 0 fully saturated rings. The van der Waals surface area contributed by atoms with Crippen LogP contribution >= 0.6 is 0 Å². The number of para-hydroxylation sites is 1. The second-order valence-electron chi connectivity index (χ2n) is 5.75. The number of aliphatic hydroxyl groups is 1. The van der Waals surface area contributed by atoms with Gasteiger partial charge in [0, 0.05) is 5.69 Å². The number of carbonyl (C=O) groups excluding carboxylic acids is 2. The highest BCUT2D eigenvalue weighted by molar-refractivity contribution is 5.93. The van der Waals surface area contributed by atoms with Crippen LogP contribution in [0, 0.1) is 0 Å². The summed E-state index contributed by atoms with van der Waals surface area (Å²) >= 11 is 0. The molecule has 22 heavy (non-hydrogen) atoms. The molecule has 0 aliphatic rings. The van der Waals surface area contributed by atoms with Crippen LogP contribution in [0.1, 0.15) is 51.5 Å². The Balaban J connectivity index is 2.78. The molecule has 1 rings (SSSR count). The number of amides is 2. The number of benzene rings is 1. The molecule has 0 spiro atoms. The third kappa shape index (κ3) is 5.85. The van der Waals surface area contributed by atoms with Crippen molar-refractivity contribution in [1.82, 2.24) is 0 Å². The molecule has 0 bridgehead atoms. The van der Waals surface area contributed by atoms with Gasteiger partial charge in [0.25, 0.3) is 0 Å². The normalized spacial score (nSPS) is 11.2. The van der Waals surface area contributed by atoms with Gasteiger partial charge in [-0.05, 0) is 24.5 Å². The molecular weight excluding hydrogens is 280 g/mol. The maximum Gasteiger partial charge on any atom is 0.227 e. The minimum atomic E-state index is -0.966. The molecule has 0 atom stereocenters. The number of primary amides is 1. The summed E-state index contributed by atoms with van der Waals surface area (Å²) in [6.07, 6.45) is 2.96. The Labute approximate surface area is 131 Å². The summed E-state index contributed by atoms with van der Waals surface area (Å²) in [7, 11) is 0. The number of hydrogen-bond donors (Lipinski definition) is 3. The number of nitrogens with one attached hydrogen (secondary N) is 1. The van der Waals surface area contributed by atoms with Crippen molar-refractivity contribution in [2.24, 2.45) is 5.73 Å². The molecule has 1 aromatic rings. The van der Waals surface area contributed by atoms with Gasteiger partial charge in [-0.2, -0.15) is 0 Å². The highest BCUT2D eigenvalue weighted by Crippen LogP contribution is 2.25. The van der Waals surface area contributed by atoms with Crippen LogP contribution in [0.4, 0.5) is 5.69 Å². The molecule has 0 aliphatic heterocycles. The molecule has 122 valence electrons. The second-order valence-corrected chi connectivity index (χ2v) is 5.75. The van der Waals surface area contributed by atoms with Crippen LogP contribution in [0.25, 0.3) is 0 Å². The summed E-state index contributed by atoms with van der Waals surface area (Å²) < 4.78 is 0. The van der Waals surface area contributed by atoms with Crippen LogP contribution in [-0.2, 0) is 16.0 Å². The Hall–Kier alpha value is -1.88. The first kappa shape index (κ1) is 18.2. The van der Waals surface area contributed by atoms with Gasteiger partial charge < -0.3 is 16.2 Å². The fourth-order valence-electron chi connectivity index (χ4n) is 2.71. The molecule has 0 unspecified atom stereocenters. The lowest BCUT2D eigenvalue weighted by Crippen LogP contribution is -2.34. The van der Waals surface area contributed by atoms with Gasteiger partial charge in [0.05, 0.1) is 18.4 Å². The Morgan fingerprint density at radius 1 is 1.18 bits per heavy atom. The van der Waals surface area contributed by atoms with E-state index in [4.69, 9.17) is 5.73 Å². The quantitative estimate of drug-likeness (QED) is 0.654. The van der Waals surface area contributed by atoms with Crippen molar-refractivity contribution in [3.63, 3.8) is 0 Å². The summed E-state index contributed by atoms with van der Waals surface area (Å²) in [5, 5.41) is 13.3. The summed E-state index contributed by atoms with van der Waals surface area (Å²) in [5.74, 6) is -0.698. The van der Waals surface area contributed by atoms with Crippen LogP contribution in [0.3, 0.4) is 0 Å². The number of rotatable bonds is 9. The van der Waals surface area contributed by atoms with Crippen LogP contribution in [-0.4, -0.2) is 22.5 Å². The summed E-state index contributed by atoms with van der Waals surface area (Å²) in [5.41, 5.74) is 5.50. The van der Waals surface area contributed by atoms with E-state index in [2.05, 4.69) is 5.32 Å². The Kier molecular flexibility index (Phi) is 7.05. The molecule has 0 radical (unpaired) electrons. The Bertz CT molecular complexity index is 508. The Morgan fingerprint density at radius 3 is 2.32 bits per heavy atom. The van der Waals surface area contributed by atoms with Gasteiger partial charge in [-0.3, -0.25) is 9.59 Å². The fourth-order valence-corrected chi connectivity index (χ4v) is 2.71. The highest BCUT2D eigenvalue weighted by Gasteiger charge is 2.28. The minimum Gasteiger partial charge on any atom is -0.389 e. The van der Waals surface area contributed by atoms with Gasteiger partial charge in [-0.1, -0.05) is 44.9 Å². The van der Waals surface area contributed by atoms with E-state index in [1.807, 2.05) is 13.8 Å². The Morgan fingerprint density at radius 2 is 1.77 bits per heavy atom. The second kappa shape index (κ2) is 8.54. The lowest BCUT2D eigenvalue weighted by molar-refractivity contribution is -0.122. The van der Waals surface area contributed by atoms with Crippen molar-refractivity contribution in [3.8, 4) is 0 Å². The van der Waals surface area contributed by atoms with E-state index in [1.54, 1.807) is 24.3 Å². The van der Waals surface area contributed by atoms with Gasteiger partial charge in [-0.25, -0.2) is 0 Å². The zero-order valence-corrected chi connectivity index (χ0v) is 13.4. The molecule has 0 aliphatic carbocycles. The molecule has 0 saturated heterocycles. The van der Waals surface area contributed by atoms with Crippen LogP contribution in [0.15, 0.2) is 24.3 Å². The van der Waals surface area contributed by atoms with Crippen molar-refractivity contribution in [3.05, 3.63) is 29.8 Å². The number of nitrogens with two attached hydrogens (primary N) is 1. The first-order chi connectivity index (χ1) is 10.4. The van der Waals surface area contributed by atoms with Crippen molar-refractivity contribution in [2.75, 3.05) is 5.32 Å². The number of carbonyl (C=O) groups is 2. The third-order valence-corrected chi connectivity index (χ3v) is 3.58. The van der Waals surface area contributed by atoms with Gasteiger partial charge in [0.1, 0.15) is 0 Å². The van der Waals surface area contributed by atoms with E-state index in [0.29, 0.717) is 24.1 Å². The first-order valence-electron chi connectivity index (χ1n) is 7.78. The predicted molar refractivity (Wildman–Crippen MR) is 87.4 cm³/mol. The largest absolute Gasteiger partial charge is 0.389 e. The summed E-state index contributed by atoms with van der Waals surface area (Å²) in [4.78, 5) is 23.3. The smallest absolute Gasteiger partial charge is 0.227 e. The van der Waals surface area contributed by atoms with E-state index in [1.165, 1.54) is 0 Å². The number of anilines is 1. The van der Waals surface area contributed by atoms with Gasteiger partial charge in [-0.15, -0.1) is 0 Å². The van der Waals surface area contributed by atoms with Gasteiger partial charge in [0.2, 0.25) is 11.8 Å². The minimum absolute atomic E-state index is 0.0551. The molecule has 0 heterocycles. The molecule has 5 heteroatoms. The van der Waals surface area contributed by atoms with E-state index in [0.717, 1.165) is 12.8 Å². The fraction of sp³-hybridized carbons (Fsp3) is 0.529. The molecule has 4 N–H and O–H groups in total. The zero-order valence-electron chi connectivity index (χ0n) is 13.4. The van der Waals surface area contributed by atoms with Gasteiger partial charge in [0.15, 0.2) is 0 Å². The lowest BCUT2D eigenvalue weighted by atomic mass is 9.89. The standard InChI is InChI=1S/C17H26N2O3/c1-3-9-17(22,10-4-2)12-16(21)19-14-8-6-5-7-13(14)11-15(18)20/h5-8,22H,3-4,9-12H2,1-2H3,(H2,18,20)(H,19,21). The molecule has 0 saturated carbocycles. The topological polar surface area (TPSA) is 92.4 Å². The molecular formula is C17H26N2O3. The van der Waals surface area contributed by atoms with Crippen LogP contribution in [0.5, 0.6) is 0 Å². The molecule has 0 aromatic heterocycles.